The second-order valence-corrected chi connectivity index (χ2v) is 6.08. The van der Waals surface area contributed by atoms with Crippen LogP contribution in [-0.2, 0) is 13.0 Å². The number of hydrogen-bond acceptors (Lipinski definition) is 3. The molecule has 1 N–H and O–H groups in total. The molecule has 2 rings (SSSR count). The molecular weight excluding hydrogens is 328 g/mol. The maximum absolute atomic E-state index is 5.99. The van der Waals surface area contributed by atoms with E-state index in [0.29, 0.717) is 12.6 Å². The molecule has 1 heterocycles. The minimum atomic E-state index is 0.451. The normalized spacial score (nSPS) is 10.9. The van der Waals surface area contributed by atoms with Gasteiger partial charge in [0.25, 0.3) is 0 Å². The summed E-state index contributed by atoms with van der Waals surface area (Å²) in [5, 5.41) is 3.43. The summed E-state index contributed by atoms with van der Waals surface area (Å²) in [5.74, 6) is 0.926. The minimum Gasteiger partial charge on any atom is -0.492 e. The van der Waals surface area contributed by atoms with Crippen LogP contribution in [0.25, 0.3) is 0 Å². The lowest BCUT2D eigenvalue weighted by molar-refractivity contribution is 0.315. The number of benzene rings is 1. The molecule has 21 heavy (non-hydrogen) atoms. The molecule has 0 bridgehead atoms. The van der Waals surface area contributed by atoms with Gasteiger partial charge < -0.3 is 10.1 Å². The number of nitrogens with one attached hydrogen (secondary N) is 1. The lowest BCUT2D eigenvalue weighted by Crippen LogP contribution is -2.22. The van der Waals surface area contributed by atoms with Gasteiger partial charge in [0.15, 0.2) is 0 Å². The van der Waals surface area contributed by atoms with E-state index >= 15 is 0 Å². The Balaban J connectivity index is 1.98. The van der Waals surface area contributed by atoms with Crippen LogP contribution >= 0.6 is 15.9 Å². The zero-order valence-electron chi connectivity index (χ0n) is 12.5. The Bertz CT molecular complexity index is 558. The highest BCUT2D eigenvalue weighted by Crippen LogP contribution is 2.29. The number of hydrogen-bond donors (Lipinski definition) is 1. The molecule has 0 unspecified atom stereocenters. The molecule has 3 nitrogen and oxygen atoms in total. The first-order chi connectivity index (χ1) is 10.2. The lowest BCUT2D eigenvalue weighted by atomic mass is 10.2. The van der Waals surface area contributed by atoms with Crippen LogP contribution in [0.4, 0.5) is 0 Å². The highest BCUT2D eigenvalue weighted by Gasteiger charge is 2.08. The number of aromatic nitrogens is 1. The fourth-order valence-corrected chi connectivity index (χ4v) is 2.51. The van der Waals surface area contributed by atoms with Crippen LogP contribution in [0.15, 0.2) is 47.2 Å². The predicted molar refractivity (Wildman–Crippen MR) is 89.6 cm³/mol. The number of rotatable bonds is 7. The number of nitrogens with zero attached hydrogens (tertiary/aromatic N) is 1. The van der Waals surface area contributed by atoms with Gasteiger partial charge in [0.1, 0.15) is 5.75 Å². The average molecular weight is 349 g/mol. The van der Waals surface area contributed by atoms with Crippen molar-refractivity contribution in [3.63, 3.8) is 0 Å². The summed E-state index contributed by atoms with van der Waals surface area (Å²) in [5.41, 5.74) is 2.36. The summed E-state index contributed by atoms with van der Waals surface area (Å²) in [6, 6.07) is 10.6. The summed E-state index contributed by atoms with van der Waals surface area (Å²) < 4.78 is 6.99. The van der Waals surface area contributed by atoms with E-state index in [1.54, 1.807) is 6.20 Å². The van der Waals surface area contributed by atoms with E-state index in [9.17, 15) is 0 Å². The molecule has 112 valence electrons. The third kappa shape index (κ3) is 5.14. The van der Waals surface area contributed by atoms with Gasteiger partial charge in [0.05, 0.1) is 11.1 Å². The predicted octanol–water partition coefficient (Wildman–Crippen LogP) is 3.96. The van der Waals surface area contributed by atoms with E-state index in [-0.39, 0.29) is 0 Å². The molecule has 0 fully saturated rings. The number of pyridine rings is 1. The Hall–Kier alpha value is -1.39. The standard InChI is InChI=1S/C17H21BrN2O/c1-13(2)20-12-15-6-3-7-16(18)17(15)21-10-8-14-5-4-9-19-11-14/h3-7,9,11,13,20H,8,10,12H2,1-2H3. The van der Waals surface area contributed by atoms with Crippen molar-refractivity contribution in [3.8, 4) is 5.75 Å². The zero-order chi connectivity index (χ0) is 15.1. The largest absolute Gasteiger partial charge is 0.492 e. The van der Waals surface area contributed by atoms with Gasteiger partial charge in [-0.2, -0.15) is 0 Å². The smallest absolute Gasteiger partial charge is 0.137 e. The van der Waals surface area contributed by atoms with Gasteiger partial charge in [-0.1, -0.05) is 32.0 Å². The quantitative estimate of drug-likeness (QED) is 0.822. The van der Waals surface area contributed by atoms with E-state index in [2.05, 4.69) is 52.2 Å². The van der Waals surface area contributed by atoms with Crippen molar-refractivity contribution in [2.24, 2.45) is 0 Å². The molecule has 0 saturated carbocycles. The van der Waals surface area contributed by atoms with Crippen LogP contribution in [0.2, 0.25) is 0 Å². The number of para-hydroxylation sites is 1. The molecule has 0 aliphatic heterocycles. The van der Waals surface area contributed by atoms with Crippen LogP contribution in [-0.4, -0.2) is 17.6 Å². The van der Waals surface area contributed by atoms with Crippen molar-refractivity contribution in [2.45, 2.75) is 32.9 Å². The third-order valence-electron chi connectivity index (χ3n) is 3.11. The molecule has 0 atom stereocenters. The molecule has 1 aromatic carbocycles. The Labute approximate surface area is 134 Å². The van der Waals surface area contributed by atoms with Gasteiger partial charge in [0.2, 0.25) is 0 Å². The molecule has 0 saturated heterocycles. The fraction of sp³-hybridized carbons (Fsp3) is 0.353. The van der Waals surface area contributed by atoms with Crippen LogP contribution in [0, 0.1) is 0 Å². The number of halogens is 1. The highest BCUT2D eigenvalue weighted by atomic mass is 79.9. The van der Waals surface area contributed by atoms with Gasteiger partial charge in [-0.15, -0.1) is 0 Å². The summed E-state index contributed by atoms with van der Waals surface area (Å²) >= 11 is 3.58. The molecule has 1 aromatic heterocycles. The van der Waals surface area contributed by atoms with Crippen molar-refractivity contribution in [1.82, 2.24) is 10.3 Å². The summed E-state index contributed by atoms with van der Waals surface area (Å²) in [6.45, 7) is 5.73. The van der Waals surface area contributed by atoms with E-state index in [1.165, 1.54) is 11.1 Å². The maximum atomic E-state index is 5.99. The van der Waals surface area contributed by atoms with E-state index in [1.807, 2.05) is 24.4 Å². The topological polar surface area (TPSA) is 34.1 Å². The van der Waals surface area contributed by atoms with Gasteiger partial charge in [-0.05, 0) is 33.6 Å². The lowest BCUT2D eigenvalue weighted by Gasteiger charge is -2.15. The van der Waals surface area contributed by atoms with Crippen LogP contribution in [0.5, 0.6) is 5.75 Å². The van der Waals surface area contributed by atoms with Crippen molar-refractivity contribution >= 4 is 15.9 Å². The van der Waals surface area contributed by atoms with Gasteiger partial charge in [-0.25, -0.2) is 0 Å². The Morgan fingerprint density at radius 3 is 2.81 bits per heavy atom. The van der Waals surface area contributed by atoms with Gasteiger partial charge in [-0.3, -0.25) is 4.98 Å². The molecule has 0 aliphatic carbocycles. The summed E-state index contributed by atoms with van der Waals surface area (Å²) in [7, 11) is 0. The average Bonchev–Trinajstić information content (AvgIpc) is 2.48. The molecule has 0 amide bonds. The Morgan fingerprint density at radius 1 is 1.24 bits per heavy atom. The first kappa shape index (κ1) is 16.0. The summed E-state index contributed by atoms with van der Waals surface area (Å²) in [6.07, 6.45) is 4.52. The monoisotopic (exact) mass is 348 g/mol. The molecular formula is C17H21BrN2O. The molecule has 0 aliphatic rings. The third-order valence-corrected chi connectivity index (χ3v) is 3.73. The van der Waals surface area contributed by atoms with E-state index in [4.69, 9.17) is 4.74 Å². The Morgan fingerprint density at radius 2 is 2.10 bits per heavy atom. The van der Waals surface area contributed by atoms with Crippen LogP contribution in [0.3, 0.4) is 0 Å². The highest BCUT2D eigenvalue weighted by molar-refractivity contribution is 9.10. The molecule has 0 spiro atoms. The molecule has 4 heteroatoms. The van der Waals surface area contributed by atoms with Crippen LogP contribution < -0.4 is 10.1 Å². The Kier molecular flexibility index (Phi) is 6.21. The van der Waals surface area contributed by atoms with E-state index < -0.39 is 0 Å². The van der Waals surface area contributed by atoms with Crippen molar-refractivity contribution in [3.05, 3.63) is 58.3 Å². The number of ether oxygens (including phenoxy) is 1. The van der Waals surface area contributed by atoms with Gasteiger partial charge >= 0.3 is 0 Å². The van der Waals surface area contributed by atoms with Crippen LogP contribution in [0.1, 0.15) is 25.0 Å². The first-order valence-electron chi connectivity index (χ1n) is 7.19. The first-order valence-corrected chi connectivity index (χ1v) is 7.98. The zero-order valence-corrected chi connectivity index (χ0v) is 14.1. The molecule has 2 aromatic rings. The maximum Gasteiger partial charge on any atom is 0.137 e. The van der Waals surface area contributed by atoms with Crippen molar-refractivity contribution in [1.29, 1.82) is 0 Å². The fourth-order valence-electron chi connectivity index (χ4n) is 1.99. The SMILES string of the molecule is CC(C)NCc1cccc(Br)c1OCCc1cccnc1. The molecule has 0 radical (unpaired) electrons. The van der Waals surface area contributed by atoms with Gasteiger partial charge in [0, 0.05) is 37.0 Å². The minimum absolute atomic E-state index is 0.451. The summed E-state index contributed by atoms with van der Waals surface area (Å²) in [4.78, 5) is 4.12. The van der Waals surface area contributed by atoms with Crippen molar-refractivity contribution in [2.75, 3.05) is 6.61 Å². The second-order valence-electron chi connectivity index (χ2n) is 5.22. The van der Waals surface area contributed by atoms with E-state index in [0.717, 1.165) is 23.2 Å². The second kappa shape index (κ2) is 8.15. The van der Waals surface area contributed by atoms with Crippen molar-refractivity contribution < 1.29 is 4.74 Å².